The number of β-amino-alcohol motifs (C(OH)–C–C–N with tert-alkyl or cyclic N) is 7. The zero-order valence-electron chi connectivity index (χ0n) is 75.0. The number of aliphatic hydroxyl groups excluding tert-OH is 7. The van der Waals surface area contributed by atoms with Crippen LogP contribution in [0.5, 0.6) is 0 Å². The predicted octanol–water partition coefficient (Wildman–Crippen LogP) is -13.4. The Morgan fingerprint density at radius 2 is 0.533 bits per heavy atom. The third-order valence-electron chi connectivity index (χ3n) is 27.9. The summed E-state index contributed by atoms with van der Waals surface area (Å²) in [5.74, 6) is -15.7. The van der Waals surface area contributed by atoms with E-state index < -0.39 is 291 Å². The Balaban J connectivity index is 0.539. The second-order valence-corrected chi connectivity index (χ2v) is 38.0. The molecule has 21 atom stereocenters. The zero-order valence-corrected chi connectivity index (χ0v) is 75.9. The van der Waals surface area contributed by atoms with Gasteiger partial charge in [0.1, 0.15) is 85.1 Å². The molecule has 50 nitrogen and oxygen atoms in total. The highest BCUT2D eigenvalue weighted by molar-refractivity contribution is 7.98. The van der Waals surface area contributed by atoms with Crippen molar-refractivity contribution in [2.75, 3.05) is 143 Å². The first-order valence-corrected chi connectivity index (χ1v) is 47.8. The standard InChI is InChI=1S/C84H123N21O29S/c1-135-21-14-51(93-64(113)29-86-71(121)59-24-45(108)38-101(59)80(130)52-9-3-16-94(52)65(114)30-87-72(122)57-22-43(106)36-99(57)78(128)50-8-2-15-85-50)79(129)100-37-44(107)23-58(100)73(123)88-31-66(115)95-17-4-10-53(95)81(131)102-39-46(109)25-60(102)74(124)89-32-67(116)96-18-5-11-54(96)82(132)103-40-47(110)26-61(103)75(125)90-33-68(117)97-19-6-12-55(97)83(133)104-41-48(111)27-62(104)76(126)91-34-69(118)98-20-7-13-56(98)84(134)105-42-49(112)28-63(105)77(127)92-35-70(119)120/h43-63,85,106-112H,2-42H2,1H3,(H,86,121)(H,87,122)(H,88,123)(H,89,124)(H,90,125)(H,91,126)(H,92,127)(H,93,113)(H,119,120)/t43-,44-,45-,46-,47-,48-,49-,50+,51+,52+,53+,54+,55+,56+,57+,58+,59+,60+,61+,62+,63+/m1/s1. The van der Waals surface area contributed by atoms with Crippen LogP contribution in [0.2, 0.25) is 0 Å². The molecule has 0 saturated carbocycles. The van der Waals surface area contributed by atoms with Gasteiger partial charge in [0.25, 0.3) is 0 Å². The Hall–Kier alpha value is -11.1. The smallest absolute Gasteiger partial charge is 0.322 e. The number of amides is 20. The Bertz CT molecular complexity index is 4570. The van der Waals surface area contributed by atoms with E-state index in [1.54, 1.807) is 6.26 Å². The molecule has 13 aliphatic heterocycles. The van der Waals surface area contributed by atoms with Gasteiger partial charge in [-0.25, -0.2) is 0 Å². The average Bonchev–Trinajstić information content (AvgIpc) is 1.67. The summed E-state index contributed by atoms with van der Waals surface area (Å²) in [6.07, 6.45) is -4.12. The van der Waals surface area contributed by atoms with Gasteiger partial charge in [-0.15, -0.1) is 0 Å². The van der Waals surface area contributed by atoms with Crippen molar-refractivity contribution >= 4 is 136 Å². The number of carboxylic acids is 1. The fraction of sp³-hybridized carbons (Fsp3) is 0.750. The van der Waals surface area contributed by atoms with Crippen molar-refractivity contribution in [3.05, 3.63) is 0 Å². The van der Waals surface area contributed by atoms with Crippen LogP contribution in [0, 0.1) is 0 Å². The summed E-state index contributed by atoms with van der Waals surface area (Å²) in [4.78, 5) is 303. The first-order valence-electron chi connectivity index (χ1n) is 46.4. The molecule has 13 aliphatic rings. The Kier molecular flexibility index (Phi) is 33.6. The molecule has 0 spiro atoms. The van der Waals surface area contributed by atoms with Gasteiger partial charge in [-0.3, -0.25) is 101 Å². The number of likely N-dealkylation sites (tertiary alicyclic amines) is 12. The molecule has 20 amide bonds. The van der Waals surface area contributed by atoms with Crippen LogP contribution in [0.3, 0.4) is 0 Å². The number of carbonyl (C=O) groups excluding carboxylic acids is 20. The molecular weight excluding hydrogens is 1800 g/mol. The van der Waals surface area contributed by atoms with Crippen LogP contribution < -0.4 is 47.9 Å². The molecule has 13 heterocycles. The number of thioether (sulfide) groups is 1. The molecule has 0 aromatic heterocycles. The van der Waals surface area contributed by atoms with E-state index in [4.69, 9.17) is 5.11 Å². The molecular formula is C84H123N21O29S. The first kappa shape index (κ1) is 101. The van der Waals surface area contributed by atoms with Crippen molar-refractivity contribution in [3.63, 3.8) is 0 Å². The van der Waals surface area contributed by atoms with Crippen LogP contribution in [0.1, 0.15) is 128 Å². The number of hydrogen-bond acceptors (Lipinski definition) is 30. The summed E-state index contributed by atoms with van der Waals surface area (Å²) in [6, 6.07) is -16.5. The van der Waals surface area contributed by atoms with Crippen molar-refractivity contribution in [1.29, 1.82) is 0 Å². The van der Waals surface area contributed by atoms with Gasteiger partial charge in [0, 0.05) is 123 Å². The van der Waals surface area contributed by atoms with Crippen LogP contribution in [-0.2, 0) is 101 Å². The zero-order chi connectivity index (χ0) is 97.2. The molecule has 744 valence electrons. The lowest BCUT2D eigenvalue weighted by molar-refractivity contribution is -0.148. The summed E-state index contributed by atoms with van der Waals surface area (Å²) in [5.41, 5.74) is 0. The SMILES string of the molecule is CSCC[C@H](NC(=O)CNC(=O)[C@@H]1C[C@@H](O)CN1C(=O)[C@@H]1CCCN1C(=O)CNC(=O)[C@@H]1C[C@@H](O)CN1C(=O)[C@@H]1CCCN1)C(=O)N1C[C@H](O)C[C@H]1C(=O)NCC(=O)N1CCC[C@H]1C(=O)N1C[C@H](O)C[C@H]1C(=O)NCC(=O)N1CCC[C@H]1C(=O)N1C[C@H](O)C[C@H]1C(=O)NCC(=O)N1CCC[C@H]1C(=O)N1C[C@H](O)C[C@H]1C(=O)NCC(=O)N1CCC[C@H]1C(=O)N1C[C@H](O)C[C@H]1C(=O)NCC(=O)O. The number of nitrogens with one attached hydrogen (secondary N) is 9. The highest BCUT2D eigenvalue weighted by atomic mass is 32.2. The van der Waals surface area contributed by atoms with Crippen molar-refractivity contribution < 1.29 is 142 Å². The van der Waals surface area contributed by atoms with E-state index in [0.717, 1.165) is 35.8 Å². The van der Waals surface area contributed by atoms with Crippen LogP contribution in [-0.4, -0.2) is 494 Å². The third-order valence-corrected chi connectivity index (χ3v) is 28.5. The van der Waals surface area contributed by atoms with Crippen molar-refractivity contribution in [3.8, 4) is 0 Å². The number of carbonyl (C=O) groups is 21. The van der Waals surface area contributed by atoms with Crippen LogP contribution >= 0.6 is 11.8 Å². The molecule has 0 radical (unpaired) electrons. The van der Waals surface area contributed by atoms with E-state index >= 15 is 0 Å². The summed E-state index contributed by atoms with van der Waals surface area (Å²) in [5, 5.41) is 107. The first-order chi connectivity index (χ1) is 64.4. The number of aliphatic hydroxyl groups is 7. The van der Waals surface area contributed by atoms with E-state index in [0.29, 0.717) is 50.8 Å². The number of carboxylic acid groups (broad SMARTS) is 1. The lowest BCUT2D eigenvalue weighted by atomic mass is 10.1. The molecule has 0 unspecified atom stereocenters. The van der Waals surface area contributed by atoms with E-state index in [9.17, 15) is 136 Å². The minimum absolute atomic E-state index is 0.00548. The van der Waals surface area contributed by atoms with Crippen molar-refractivity contribution in [2.45, 2.75) is 256 Å². The maximum absolute atomic E-state index is 14.5. The van der Waals surface area contributed by atoms with Gasteiger partial charge >= 0.3 is 5.97 Å². The molecule has 0 aliphatic carbocycles. The van der Waals surface area contributed by atoms with Gasteiger partial charge in [-0.2, -0.15) is 11.8 Å². The minimum Gasteiger partial charge on any atom is -0.480 e. The van der Waals surface area contributed by atoms with Gasteiger partial charge in [0.05, 0.1) is 88.0 Å². The molecule has 0 aromatic carbocycles. The van der Waals surface area contributed by atoms with Crippen LogP contribution in [0.4, 0.5) is 0 Å². The van der Waals surface area contributed by atoms with E-state index in [1.165, 1.54) is 41.2 Å². The molecule has 17 N–H and O–H groups in total. The molecule has 13 rings (SSSR count). The minimum atomic E-state index is -1.37. The fourth-order valence-corrected chi connectivity index (χ4v) is 21.7. The number of nitrogens with zero attached hydrogens (tertiary/aromatic N) is 12. The lowest BCUT2D eigenvalue weighted by Gasteiger charge is -2.32. The molecule has 0 bridgehead atoms. The highest BCUT2D eigenvalue weighted by Crippen LogP contribution is 2.34. The van der Waals surface area contributed by atoms with Gasteiger partial charge in [0.2, 0.25) is 118 Å². The van der Waals surface area contributed by atoms with E-state index in [1.807, 2.05) is 0 Å². The molecule has 135 heavy (non-hydrogen) atoms. The van der Waals surface area contributed by atoms with Crippen LogP contribution in [0.15, 0.2) is 0 Å². The lowest BCUT2D eigenvalue weighted by Crippen LogP contribution is -2.57. The van der Waals surface area contributed by atoms with Gasteiger partial charge in [-0.05, 0) is 102 Å². The monoisotopic (exact) mass is 1920 g/mol. The Morgan fingerprint density at radius 1 is 0.296 bits per heavy atom. The third kappa shape index (κ3) is 23.4. The molecule has 13 fully saturated rings. The number of aliphatic carboxylic acids is 1. The fourth-order valence-electron chi connectivity index (χ4n) is 21.2. The number of hydrogen-bond donors (Lipinski definition) is 17. The molecule has 0 aromatic rings. The maximum Gasteiger partial charge on any atom is 0.322 e. The summed E-state index contributed by atoms with van der Waals surface area (Å²) in [6.45, 7) is -5.74. The quantitative estimate of drug-likeness (QED) is 0.0297. The summed E-state index contributed by atoms with van der Waals surface area (Å²) >= 11 is 1.32. The molecule has 13 saturated heterocycles. The second kappa shape index (κ2) is 44.8. The van der Waals surface area contributed by atoms with Crippen molar-refractivity contribution in [1.82, 2.24) is 107 Å². The van der Waals surface area contributed by atoms with Crippen molar-refractivity contribution in [2.24, 2.45) is 0 Å². The van der Waals surface area contributed by atoms with Gasteiger partial charge in [-0.1, -0.05) is 0 Å². The van der Waals surface area contributed by atoms with E-state index in [-0.39, 0.29) is 168 Å². The van der Waals surface area contributed by atoms with E-state index in [2.05, 4.69) is 47.9 Å². The van der Waals surface area contributed by atoms with Crippen LogP contribution in [0.25, 0.3) is 0 Å². The Labute approximate surface area is 779 Å². The molecule has 51 heteroatoms. The largest absolute Gasteiger partial charge is 0.480 e. The number of rotatable bonds is 32. The Morgan fingerprint density at radius 3 is 0.778 bits per heavy atom. The highest BCUT2D eigenvalue weighted by Gasteiger charge is 2.54. The topological polar surface area (TPSA) is 667 Å². The summed E-state index contributed by atoms with van der Waals surface area (Å²) < 4.78 is 0. The van der Waals surface area contributed by atoms with Gasteiger partial charge in [0.15, 0.2) is 0 Å². The van der Waals surface area contributed by atoms with Gasteiger partial charge < -0.3 is 148 Å². The average molecular weight is 1920 g/mol. The maximum atomic E-state index is 14.5. The normalized spacial score (nSPS) is 30.1. The second-order valence-electron chi connectivity index (χ2n) is 37.0. The summed E-state index contributed by atoms with van der Waals surface area (Å²) in [7, 11) is 0. The predicted molar refractivity (Wildman–Crippen MR) is 461 cm³/mol.